The number of imide groups is 1. The van der Waals surface area contributed by atoms with E-state index >= 15 is 0 Å². The number of carbonyl (C=O) groups excluding carboxylic acids is 2. The van der Waals surface area contributed by atoms with Gasteiger partial charge >= 0.3 is 6.09 Å². The number of nitrogens with zero attached hydrogens (tertiary/aromatic N) is 1. The second-order valence-electron chi connectivity index (χ2n) is 15.6. The van der Waals surface area contributed by atoms with Crippen LogP contribution in [0.3, 0.4) is 0 Å². The molecule has 1 aromatic carbocycles. The summed E-state index contributed by atoms with van der Waals surface area (Å²) in [5.74, 6) is 5.48. The van der Waals surface area contributed by atoms with Gasteiger partial charge in [-0.1, -0.05) is 84.2 Å². The molecule has 4 nitrogen and oxygen atoms in total. The van der Waals surface area contributed by atoms with E-state index in [0.29, 0.717) is 35.7 Å². The fourth-order valence-electron chi connectivity index (χ4n) is 11.8. The van der Waals surface area contributed by atoms with E-state index in [0.717, 1.165) is 41.6 Å². The van der Waals surface area contributed by atoms with Crippen LogP contribution in [0.25, 0.3) is 0 Å². The third-order valence-corrected chi connectivity index (χ3v) is 13.7. The van der Waals surface area contributed by atoms with Gasteiger partial charge in [-0.25, -0.2) is 9.69 Å². The molecule has 4 saturated carbocycles. The van der Waals surface area contributed by atoms with Crippen molar-refractivity contribution in [2.45, 2.75) is 118 Å². The Hall–Kier alpha value is -1.84. The first-order valence-electron chi connectivity index (χ1n) is 17.2. The Labute approximate surface area is 249 Å². The number of benzene rings is 1. The molecule has 11 atom stereocenters. The predicted octanol–water partition coefficient (Wildman–Crippen LogP) is 8.92. The lowest BCUT2D eigenvalue weighted by Gasteiger charge is -2.63. The quantitative estimate of drug-likeness (QED) is 0.334. The van der Waals surface area contributed by atoms with Crippen LogP contribution >= 0.6 is 0 Å². The van der Waals surface area contributed by atoms with E-state index in [9.17, 15) is 9.59 Å². The standard InChI is InChI=1S/C37H55NO3/c1-6-27-22-29-32-16-15-30(37(32,5)19-17-33(29)36(4)18-11-10-14-31(27)36)24(2)20-25(3)34(39)38-28(23-41-35(38)40)21-26-12-8-7-9-13-26/h7-9,12-13,24-25,27-33H,6,10-11,14-23H2,1-5H3/t24-,25-,27+,28-,29+,30?,31+,32?,33+,36+,37-/m1/s1. The molecule has 1 aliphatic heterocycles. The highest BCUT2D eigenvalue weighted by Crippen LogP contribution is 2.69. The van der Waals surface area contributed by atoms with Crippen LogP contribution in [0, 0.1) is 58.2 Å². The molecule has 0 N–H and O–H groups in total. The minimum Gasteiger partial charge on any atom is -0.447 e. The number of rotatable bonds is 7. The van der Waals surface area contributed by atoms with Gasteiger partial charge in [0.15, 0.2) is 0 Å². The number of fused-ring (bicyclic) bond motifs is 5. The van der Waals surface area contributed by atoms with Gasteiger partial charge in [-0.15, -0.1) is 0 Å². The maximum Gasteiger partial charge on any atom is 0.416 e. The third kappa shape index (κ3) is 4.97. The molecule has 41 heavy (non-hydrogen) atoms. The van der Waals surface area contributed by atoms with E-state index in [-0.39, 0.29) is 17.9 Å². The van der Waals surface area contributed by atoms with Gasteiger partial charge in [-0.3, -0.25) is 4.79 Å². The molecular weight excluding hydrogens is 506 g/mol. The zero-order valence-electron chi connectivity index (χ0n) is 26.4. The third-order valence-electron chi connectivity index (χ3n) is 13.7. The molecule has 0 spiro atoms. The minimum absolute atomic E-state index is 0.0435. The molecule has 2 unspecified atom stereocenters. The van der Waals surface area contributed by atoms with Crippen molar-refractivity contribution in [1.82, 2.24) is 4.90 Å². The summed E-state index contributed by atoms with van der Waals surface area (Å²) >= 11 is 0. The normalized spacial score (nSPS) is 41.6. The van der Waals surface area contributed by atoms with Crippen molar-refractivity contribution in [2.24, 2.45) is 58.2 Å². The van der Waals surface area contributed by atoms with Gasteiger partial charge < -0.3 is 4.74 Å². The first-order chi connectivity index (χ1) is 19.7. The summed E-state index contributed by atoms with van der Waals surface area (Å²) in [6.45, 7) is 12.6. The summed E-state index contributed by atoms with van der Waals surface area (Å²) in [5, 5.41) is 0. The smallest absolute Gasteiger partial charge is 0.416 e. The van der Waals surface area contributed by atoms with Gasteiger partial charge in [-0.05, 0) is 116 Å². The van der Waals surface area contributed by atoms with Crippen molar-refractivity contribution in [3.63, 3.8) is 0 Å². The number of ether oxygens (including phenoxy) is 1. The van der Waals surface area contributed by atoms with Crippen LogP contribution in [-0.2, 0) is 16.0 Å². The zero-order chi connectivity index (χ0) is 28.9. The van der Waals surface area contributed by atoms with Crippen molar-refractivity contribution in [2.75, 3.05) is 6.61 Å². The molecule has 1 aromatic rings. The second-order valence-corrected chi connectivity index (χ2v) is 15.6. The first-order valence-corrected chi connectivity index (χ1v) is 17.2. The Bertz CT molecular complexity index is 1100. The van der Waals surface area contributed by atoms with Crippen LogP contribution in [-0.4, -0.2) is 29.5 Å². The first kappa shape index (κ1) is 29.2. The summed E-state index contributed by atoms with van der Waals surface area (Å²) < 4.78 is 5.39. The van der Waals surface area contributed by atoms with Crippen LogP contribution in [0.4, 0.5) is 4.79 Å². The van der Waals surface area contributed by atoms with E-state index in [2.05, 4.69) is 39.8 Å². The van der Waals surface area contributed by atoms with E-state index in [1.54, 1.807) is 0 Å². The zero-order valence-corrected chi connectivity index (χ0v) is 26.4. The van der Waals surface area contributed by atoms with E-state index < -0.39 is 6.09 Å². The fourth-order valence-corrected chi connectivity index (χ4v) is 11.8. The number of cyclic esters (lactones) is 1. The van der Waals surface area contributed by atoms with Crippen molar-refractivity contribution >= 4 is 12.0 Å². The van der Waals surface area contributed by atoms with Crippen molar-refractivity contribution in [3.05, 3.63) is 35.9 Å². The molecule has 0 aromatic heterocycles. The van der Waals surface area contributed by atoms with Gasteiger partial charge in [0.2, 0.25) is 5.91 Å². The lowest BCUT2D eigenvalue weighted by molar-refractivity contribution is -0.140. The number of amides is 2. The van der Waals surface area contributed by atoms with Crippen molar-refractivity contribution in [3.8, 4) is 0 Å². The van der Waals surface area contributed by atoms with Crippen LogP contribution in [0.1, 0.15) is 111 Å². The van der Waals surface area contributed by atoms with Gasteiger partial charge in [-0.2, -0.15) is 0 Å². The lowest BCUT2D eigenvalue weighted by atomic mass is 9.42. The SMILES string of the molecule is CC[C@H]1C[C@H]2C3CCC([C@H](C)C[C@@H](C)C(=O)N4C(=O)OC[C@H]4Cc4ccccc4)[C@@]3(C)CC[C@@H]2[C@@]2(C)CCCC[C@@H]12. The molecule has 6 rings (SSSR count). The average molecular weight is 562 g/mol. The molecule has 226 valence electrons. The predicted molar refractivity (Wildman–Crippen MR) is 164 cm³/mol. The van der Waals surface area contributed by atoms with E-state index in [1.807, 2.05) is 25.1 Å². The molecule has 0 radical (unpaired) electrons. The molecule has 1 saturated heterocycles. The van der Waals surface area contributed by atoms with Gasteiger partial charge in [0.05, 0.1) is 6.04 Å². The average Bonchev–Trinajstić information content (AvgIpc) is 3.51. The Kier molecular flexibility index (Phi) is 8.09. The maximum atomic E-state index is 13.7. The molecule has 5 fully saturated rings. The van der Waals surface area contributed by atoms with Gasteiger partial charge in [0, 0.05) is 5.92 Å². The molecule has 5 aliphatic rings. The molecule has 4 heteroatoms. The fraction of sp³-hybridized carbons (Fsp3) is 0.784. The summed E-state index contributed by atoms with van der Waals surface area (Å²) in [5.41, 5.74) is 2.09. The number of hydrogen-bond acceptors (Lipinski definition) is 3. The Morgan fingerprint density at radius 1 is 0.976 bits per heavy atom. The van der Waals surface area contributed by atoms with Crippen LogP contribution < -0.4 is 0 Å². The minimum atomic E-state index is -0.459. The Balaban J connectivity index is 1.13. The molecule has 4 aliphatic carbocycles. The van der Waals surface area contributed by atoms with Crippen molar-refractivity contribution in [1.29, 1.82) is 0 Å². The topological polar surface area (TPSA) is 46.6 Å². The van der Waals surface area contributed by atoms with Gasteiger partial charge in [0.1, 0.15) is 6.61 Å². The van der Waals surface area contributed by atoms with Crippen LogP contribution in [0.15, 0.2) is 30.3 Å². The highest BCUT2D eigenvalue weighted by Gasteiger charge is 2.61. The van der Waals surface area contributed by atoms with Gasteiger partial charge in [0.25, 0.3) is 0 Å². The number of carbonyl (C=O) groups is 2. The lowest BCUT2D eigenvalue weighted by Crippen LogP contribution is -2.55. The molecular formula is C37H55NO3. The van der Waals surface area contributed by atoms with E-state index in [4.69, 9.17) is 4.74 Å². The highest BCUT2D eigenvalue weighted by molar-refractivity contribution is 5.94. The molecule has 2 amide bonds. The summed E-state index contributed by atoms with van der Waals surface area (Å²) in [6, 6.07) is 9.93. The largest absolute Gasteiger partial charge is 0.447 e. The Morgan fingerprint density at radius 2 is 1.73 bits per heavy atom. The molecule has 0 bridgehead atoms. The van der Waals surface area contributed by atoms with E-state index in [1.165, 1.54) is 69.1 Å². The van der Waals surface area contributed by atoms with Crippen molar-refractivity contribution < 1.29 is 14.3 Å². The Morgan fingerprint density at radius 3 is 2.49 bits per heavy atom. The summed E-state index contributed by atoms with van der Waals surface area (Å²) in [7, 11) is 0. The number of hydrogen-bond donors (Lipinski definition) is 0. The van der Waals surface area contributed by atoms with Crippen LogP contribution in [0.5, 0.6) is 0 Å². The van der Waals surface area contributed by atoms with Crippen LogP contribution in [0.2, 0.25) is 0 Å². The highest BCUT2D eigenvalue weighted by atomic mass is 16.6. The second kappa shape index (κ2) is 11.3. The maximum absolute atomic E-state index is 13.7. The monoisotopic (exact) mass is 561 g/mol. The molecule has 1 heterocycles. The summed E-state index contributed by atoms with van der Waals surface area (Å²) in [4.78, 5) is 27.9. The summed E-state index contributed by atoms with van der Waals surface area (Å²) in [6.07, 6.45) is 15.2.